The van der Waals surface area contributed by atoms with Crippen LogP contribution in [0.25, 0.3) is 0 Å². The van der Waals surface area contributed by atoms with E-state index in [4.69, 9.17) is 0 Å². The van der Waals surface area contributed by atoms with Gasteiger partial charge in [0.2, 0.25) is 5.91 Å². The summed E-state index contributed by atoms with van der Waals surface area (Å²) >= 11 is 1.76. The predicted octanol–water partition coefficient (Wildman–Crippen LogP) is 3.51. The summed E-state index contributed by atoms with van der Waals surface area (Å²) in [6.07, 6.45) is 2.22. The van der Waals surface area contributed by atoms with Crippen LogP contribution >= 0.6 is 11.3 Å². The fraction of sp³-hybridized carbons (Fsp3) is 0.389. The van der Waals surface area contributed by atoms with Gasteiger partial charge in [0.25, 0.3) is 0 Å². The first-order valence-electron chi connectivity index (χ1n) is 7.73. The topological polar surface area (TPSA) is 32.3 Å². The normalized spacial score (nSPS) is 15.8. The third-order valence-electron chi connectivity index (χ3n) is 4.09. The van der Waals surface area contributed by atoms with Crippen LogP contribution in [0.5, 0.6) is 0 Å². The smallest absolute Gasteiger partial charge is 0.242 e. The fourth-order valence-corrected chi connectivity index (χ4v) is 3.60. The molecule has 1 heterocycles. The van der Waals surface area contributed by atoms with Crippen molar-refractivity contribution in [3.05, 3.63) is 57.8 Å². The maximum Gasteiger partial charge on any atom is 0.242 e. The number of benzene rings is 1. The maximum atomic E-state index is 12.7. The average Bonchev–Trinajstić information content (AvgIpc) is 3.23. The van der Waals surface area contributed by atoms with E-state index < -0.39 is 0 Å². The number of amides is 1. The monoisotopic (exact) mass is 314 g/mol. The van der Waals surface area contributed by atoms with E-state index in [1.807, 2.05) is 37.4 Å². The van der Waals surface area contributed by atoms with Crippen LogP contribution in [0, 0.1) is 6.92 Å². The summed E-state index contributed by atoms with van der Waals surface area (Å²) in [7, 11) is 2.03. The zero-order chi connectivity index (χ0) is 15.5. The predicted molar refractivity (Wildman–Crippen MR) is 90.9 cm³/mol. The number of hydrogen-bond acceptors (Lipinski definition) is 3. The molecular formula is C18H22N2OS. The number of nitrogens with zero attached hydrogens (tertiary/aromatic N) is 1. The summed E-state index contributed by atoms with van der Waals surface area (Å²) in [6, 6.07) is 12.3. The minimum Gasteiger partial charge on any atom is -0.352 e. The van der Waals surface area contributed by atoms with Crippen molar-refractivity contribution in [3.63, 3.8) is 0 Å². The molecule has 0 saturated heterocycles. The first-order chi connectivity index (χ1) is 10.6. The third-order valence-corrected chi connectivity index (χ3v) is 5.10. The van der Waals surface area contributed by atoms with Gasteiger partial charge < -0.3 is 5.32 Å². The van der Waals surface area contributed by atoms with Crippen molar-refractivity contribution in [1.29, 1.82) is 0 Å². The van der Waals surface area contributed by atoms with Crippen molar-refractivity contribution in [2.24, 2.45) is 0 Å². The molecule has 0 spiro atoms. The van der Waals surface area contributed by atoms with E-state index in [2.05, 4.69) is 28.6 Å². The second-order valence-electron chi connectivity index (χ2n) is 6.04. The first kappa shape index (κ1) is 15.3. The van der Waals surface area contributed by atoms with Gasteiger partial charge in [-0.1, -0.05) is 30.3 Å². The molecule has 1 N–H and O–H groups in total. The summed E-state index contributed by atoms with van der Waals surface area (Å²) in [5.74, 6) is 0.116. The second-order valence-corrected chi connectivity index (χ2v) is 7.04. The van der Waals surface area contributed by atoms with Gasteiger partial charge in [0, 0.05) is 17.5 Å². The summed E-state index contributed by atoms with van der Waals surface area (Å²) in [6.45, 7) is 2.92. The number of nitrogens with one attached hydrogen (secondary N) is 1. The molecule has 3 rings (SSSR count). The van der Waals surface area contributed by atoms with Crippen LogP contribution in [0.4, 0.5) is 0 Å². The van der Waals surface area contributed by atoms with Gasteiger partial charge in [-0.15, -0.1) is 11.3 Å². The molecule has 0 unspecified atom stereocenters. The third kappa shape index (κ3) is 3.57. The molecule has 1 atom stereocenters. The minimum atomic E-state index is -0.233. The van der Waals surface area contributed by atoms with Crippen LogP contribution < -0.4 is 5.32 Å². The molecule has 2 aromatic rings. The molecular weight excluding hydrogens is 292 g/mol. The number of carbonyl (C=O) groups excluding carboxylic acids is 1. The van der Waals surface area contributed by atoms with Crippen LogP contribution in [-0.4, -0.2) is 23.9 Å². The molecule has 1 aromatic heterocycles. The zero-order valence-corrected chi connectivity index (χ0v) is 13.9. The highest BCUT2D eigenvalue weighted by Crippen LogP contribution is 2.27. The van der Waals surface area contributed by atoms with Crippen molar-refractivity contribution in [1.82, 2.24) is 10.2 Å². The van der Waals surface area contributed by atoms with E-state index in [-0.39, 0.29) is 11.9 Å². The van der Waals surface area contributed by atoms with E-state index in [1.54, 1.807) is 11.3 Å². The number of likely N-dealkylation sites (N-methyl/N-ethyl adjacent to an activating group) is 1. The van der Waals surface area contributed by atoms with Gasteiger partial charge in [-0.2, -0.15) is 0 Å². The Morgan fingerprint density at radius 1 is 1.32 bits per heavy atom. The Morgan fingerprint density at radius 3 is 2.64 bits per heavy atom. The SMILES string of the molecule is Cc1ccsc1CN(C)[C@H](C(=O)NC1CC1)c1ccccc1. The highest BCUT2D eigenvalue weighted by atomic mass is 32.1. The number of carbonyl (C=O) groups is 1. The van der Waals surface area contributed by atoms with E-state index in [9.17, 15) is 4.79 Å². The average molecular weight is 314 g/mol. The molecule has 1 aliphatic rings. The van der Waals surface area contributed by atoms with Crippen LogP contribution in [0.3, 0.4) is 0 Å². The Labute approximate surface area is 136 Å². The Hall–Kier alpha value is -1.65. The van der Waals surface area contributed by atoms with E-state index >= 15 is 0 Å². The highest BCUT2D eigenvalue weighted by molar-refractivity contribution is 7.10. The summed E-state index contributed by atoms with van der Waals surface area (Å²) < 4.78 is 0. The Bertz CT molecular complexity index is 634. The lowest BCUT2D eigenvalue weighted by Crippen LogP contribution is -2.39. The number of hydrogen-bond donors (Lipinski definition) is 1. The van der Waals surface area contributed by atoms with Gasteiger partial charge >= 0.3 is 0 Å². The first-order valence-corrected chi connectivity index (χ1v) is 8.61. The standard InChI is InChI=1S/C18H22N2OS/c1-13-10-11-22-16(13)12-20(2)17(14-6-4-3-5-7-14)18(21)19-15-8-9-15/h3-7,10-11,15,17H,8-9,12H2,1-2H3,(H,19,21)/t17-/m0/s1. The quantitative estimate of drug-likeness (QED) is 0.885. The Balaban J connectivity index is 1.80. The van der Waals surface area contributed by atoms with Gasteiger partial charge in [-0.05, 0) is 49.4 Å². The van der Waals surface area contributed by atoms with E-state index in [0.717, 1.165) is 24.9 Å². The second kappa shape index (κ2) is 6.63. The molecule has 1 saturated carbocycles. The Kier molecular flexibility index (Phi) is 4.60. The van der Waals surface area contributed by atoms with Crippen LogP contribution in [0.15, 0.2) is 41.8 Å². The molecule has 3 nitrogen and oxygen atoms in total. The van der Waals surface area contributed by atoms with E-state index in [1.165, 1.54) is 10.4 Å². The van der Waals surface area contributed by atoms with Crippen molar-refractivity contribution in [3.8, 4) is 0 Å². The van der Waals surface area contributed by atoms with Gasteiger partial charge in [-0.25, -0.2) is 0 Å². The Morgan fingerprint density at radius 2 is 2.05 bits per heavy atom. The van der Waals surface area contributed by atoms with Gasteiger partial charge in [0.15, 0.2) is 0 Å². The summed E-state index contributed by atoms with van der Waals surface area (Å²) in [5, 5.41) is 5.26. The molecule has 116 valence electrons. The van der Waals surface area contributed by atoms with Crippen molar-refractivity contribution in [2.75, 3.05) is 7.05 Å². The largest absolute Gasteiger partial charge is 0.352 e. The van der Waals surface area contributed by atoms with Crippen molar-refractivity contribution < 1.29 is 4.79 Å². The zero-order valence-electron chi connectivity index (χ0n) is 13.1. The molecule has 0 aliphatic heterocycles. The van der Waals surface area contributed by atoms with E-state index in [0.29, 0.717) is 6.04 Å². The lowest BCUT2D eigenvalue weighted by Gasteiger charge is -2.27. The van der Waals surface area contributed by atoms with Gasteiger partial charge in [-0.3, -0.25) is 9.69 Å². The number of thiophene rings is 1. The number of aryl methyl sites for hydroxylation is 1. The van der Waals surface area contributed by atoms with Crippen LogP contribution in [0.1, 0.15) is 34.9 Å². The van der Waals surface area contributed by atoms with Gasteiger partial charge in [0.1, 0.15) is 6.04 Å². The van der Waals surface area contributed by atoms with Crippen molar-refractivity contribution in [2.45, 2.75) is 38.4 Å². The molecule has 0 bridgehead atoms. The summed E-state index contributed by atoms with van der Waals surface area (Å²) in [4.78, 5) is 16.2. The van der Waals surface area contributed by atoms with Crippen LogP contribution in [0.2, 0.25) is 0 Å². The molecule has 1 aliphatic carbocycles. The molecule has 4 heteroatoms. The fourth-order valence-electron chi connectivity index (χ4n) is 2.63. The molecule has 0 radical (unpaired) electrons. The maximum absolute atomic E-state index is 12.7. The molecule has 1 aromatic carbocycles. The molecule has 1 fully saturated rings. The lowest BCUT2D eigenvalue weighted by atomic mass is 10.0. The van der Waals surface area contributed by atoms with Crippen LogP contribution in [-0.2, 0) is 11.3 Å². The molecule has 1 amide bonds. The lowest BCUT2D eigenvalue weighted by molar-refractivity contribution is -0.126. The minimum absolute atomic E-state index is 0.116. The van der Waals surface area contributed by atoms with Gasteiger partial charge in [0.05, 0.1) is 0 Å². The highest BCUT2D eigenvalue weighted by Gasteiger charge is 2.30. The molecule has 22 heavy (non-hydrogen) atoms. The summed E-state index contributed by atoms with van der Waals surface area (Å²) in [5.41, 5.74) is 2.35. The number of rotatable bonds is 6. The van der Waals surface area contributed by atoms with Crippen molar-refractivity contribution >= 4 is 17.2 Å².